The smallest absolute Gasteiger partial charge is 0.0575 e. The Kier molecular flexibility index (Phi) is 3.02. The third-order valence-corrected chi connectivity index (χ3v) is 3.74. The van der Waals surface area contributed by atoms with Crippen molar-refractivity contribution in [2.75, 3.05) is 19.8 Å². The highest BCUT2D eigenvalue weighted by atomic mass is 16.5. The van der Waals surface area contributed by atoms with Gasteiger partial charge in [-0.2, -0.15) is 0 Å². The molecular weight excluding hydrogens is 200 g/mol. The molecule has 0 aromatic heterocycles. The van der Waals surface area contributed by atoms with Crippen molar-refractivity contribution in [3.8, 4) is 0 Å². The minimum Gasteiger partial charge on any atom is -0.380 e. The lowest BCUT2D eigenvalue weighted by molar-refractivity contribution is -0.121. The van der Waals surface area contributed by atoms with Gasteiger partial charge in [-0.25, -0.2) is 0 Å². The number of ether oxygens (including phenoxy) is 1. The molecule has 1 aromatic rings. The Morgan fingerprint density at radius 3 is 2.44 bits per heavy atom. The largest absolute Gasteiger partial charge is 0.380 e. The van der Waals surface area contributed by atoms with Gasteiger partial charge in [0.1, 0.15) is 0 Å². The van der Waals surface area contributed by atoms with Crippen LogP contribution in [0.2, 0.25) is 0 Å². The van der Waals surface area contributed by atoms with Gasteiger partial charge >= 0.3 is 0 Å². The summed E-state index contributed by atoms with van der Waals surface area (Å²) in [5, 5.41) is 0. The van der Waals surface area contributed by atoms with E-state index in [-0.39, 0.29) is 11.5 Å². The highest BCUT2D eigenvalue weighted by molar-refractivity contribution is 5.33. The Hall–Kier alpha value is -0.900. The molecular formula is C13H20N2O. The van der Waals surface area contributed by atoms with Gasteiger partial charge in [-0.05, 0) is 30.5 Å². The summed E-state index contributed by atoms with van der Waals surface area (Å²) in [6, 6.07) is 6.36. The Balaban J connectivity index is 2.26. The molecule has 16 heavy (non-hydrogen) atoms. The van der Waals surface area contributed by atoms with Crippen LogP contribution >= 0.6 is 0 Å². The first-order valence-electron chi connectivity index (χ1n) is 5.69. The van der Waals surface area contributed by atoms with Crippen LogP contribution in [-0.2, 0) is 4.74 Å². The van der Waals surface area contributed by atoms with E-state index >= 15 is 0 Å². The van der Waals surface area contributed by atoms with Crippen molar-refractivity contribution >= 4 is 0 Å². The molecule has 1 atom stereocenters. The first-order chi connectivity index (χ1) is 7.59. The molecule has 2 rings (SSSR count). The Labute approximate surface area is 96.8 Å². The first-order valence-corrected chi connectivity index (χ1v) is 5.69. The highest BCUT2D eigenvalue weighted by Gasteiger charge is 2.43. The van der Waals surface area contributed by atoms with Crippen molar-refractivity contribution in [3.05, 3.63) is 34.9 Å². The molecule has 1 fully saturated rings. The average Bonchev–Trinajstić information content (AvgIpc) is 2.21. The van der Waals surface area contributed by atoms with Gasteiger partial charge in [-0.1, -0.05) is 18.2 Å². The van der Waals surface area contributed by atoms with Gasteiger partial charge in [-0.3, -0.25) is 0 Å². The molecule has 1 aromatic carbocycles. The maximum Gasteiger partial charge on any atom is 0.0575 e. The van der Waals surface area contributed by atoms with E-state index in [4.69, 9.17) is 16.2 Å². The summed E-state index contributed by atoms with van der Waals surface area (Å²) in [4.78, 5) is 0. The molecule has 88 valence electrons. The van der Waals surface area contributed by atoms with Crippen LogP contribution in [0.3, 0.4) is 0 Å². The van der Waals surface area contributed by atoms with Crippen LogP contribution in [-0.4, -0.2) is 19.8 Å². The molecule has 1 unspecified atom stereocenters. The quantitative estimate of drug-likeness (QED) is 0.806. The molecule has 0 saturated carbocycles. The Morgan fingerprint density at radius 2 is 2.00 bits per heavy atom. The van der Waals surface area contributed by atoms with Crippen LogP contribution in [0.5, 0.6) is 0 Å². The molecule has 1 aliphatic heterocycles. The number of benzene rings is 1. The van der Waals surface area contributed by atoms with Crippen LogP contribution in [0.15, 0.2) is 18.2 Å². The summed E-state index contributed by atoms with van der Waals surface area (Å²) in [7, 11) is 0. The molecule has 0 radical (unpaired) electrons. The molecule has 0 bridgehead atoms. The second-order valence-corrected chi connectivity index (χ2v) is 4.88. The van der Waals surface area contributed by atoms with Crippen LogP contribution < -0.4 is 11.5 Å². The molecule has 3 heteroatoms. The fourth-order valence-electron chi connectivity index (χ4n) is 2.10. The van der Waals surface area contributed by atoms with Crippen molar-refractivity contribution in [2.45, 2.75) is 19.9 Å². The number of nitrogens with two attached hydrogens (primary N) is 2. The zero-order valence-corrected chi connectivity index (χ0v) is 9.99. The van der Waals surface area contributed by atoms with Crippen molar-refractivity contribution in [1.82, 2.24) is 0 Å². The van der Waals surface area contributed by atoms with E-state index in [0.717, 1.165) is 5.56 Å². The minimum atomic E-state index is -0.0539. The number of aryl methyl sites for hydroxylation is 2. The fraction of sp³-hybridized carbons (Fsp3) is 0.538. The Bertz CT molecular complexity index is 380. The van der Waals surface area contributed by atoms with E-state index in [2.05, 4.69) is 32.0 Å². The lowest BCUT2D eigenvalue weighted by Gasteiger charge is -2.45. The maximum absolute atomic E-state index is 6.30. The maximum atomic E-state index is 6.30. The predicted molar refractivity (Wildman–Crippen MR) is 65.2 cm³/mol. The van der Waals surface area contributed by atoms with Gasteiger partial charge in [0.25, 0.3) is 0 Å². The normalized spacial score (nSPS) is 20.2. The van der Waals surface area contributed by atoms with Gasteiger partial charge in [-0.15, -0.1) is 0 Å². The van der Waals surface area contributed by atoms with Crippen molar-refractivity contribution in [1.29, 1.82) is 0 Å². The van der Waals surface area contributed by atoms with Gasteiger partial charge in [0.2, 0.25) is 0 Å². The minimum absolute atomic E-state index is 0.0226. The summed E-state index contributed by atoms with van der Waals surface area (Å²) in [5.41, 5.74) is 15.8. The average molecular weight is 220 g/mol. The number of hydrogen-bond donors (Lipinski definition) is 2. The molecule has 0 amide bonds. The summed E-state index contributed by atoms with van der Waals surface area (Å²) < 4.78 is 5.27. The predicted octanol–water partition coefficient (Wildman–Crippen LogP) is 1.28. The van der Waals surface area contributed by atoms with E-state index < -0.39 is 0 Å². The number of rotatable bonds is 3. The zero-order chi connectivity index (χ0) is 11.8. The standard InChI is InChI=1S/C13H20N2O/c1-9-3-4-11(5-10(9)2)12(15)13(6-14)7-16-8-13/h3-5,12H,6-8,14-15H2,1-2H3. The van der Waals surface area contributed by atoms with Crippen molar-refractivity contribution < 1.29 is 4.74 Å². The number of hydrogen-bond acceptors (Lipinski definition) is 3. The fourth-order valence-corrected chi connectivity index (χ4v) is 2.10. The second-order valence-electron chi connectivity index (χ2n) is 4.88. The molecule has 3 nitrogen and oxygen atoms in total. The van der Waals surface area contributed by atoms with Gasteiger partial charge < -0.3 is 16.2 Å². The third-order valence-electron chi connectivity index (χ3n) is 3.74. The molecule has 4 N–H and O–H groups in total. The molecule has 1 heterocycles. The Morgan fingerprint density at radius 1 is 1.31 bits per heavy atom. The lowest BCUT2D eigenvalue weighted by atomic mass is 9.75. The summed E-state index contributed by atoms with van der Waals surface area (Å²) in [6.45, 7) is 6.16. The van der Waals surface area contributed by atoms with E-state index in [1.54, 1.807) is 0 Å². The van der Waals surface area contributed by atoms with Crippen LogP contribution in [0.25, 0.3) is 0 Å². The van der Waals surface area contributed by atoms with Crippen LogP contribution in [0.1, 0.15) is 22.7 Å². The molecule has 1 aliphatic rings. The SMILES string of the molecule is Cc1ccc(C(N)C2(CN)COC2)cc1C. The second kappa shape index (κ2) is 4.17. The van der Waals surface area contributed by atoms with Crippen LogP contribution in [0.4, 0.5) is 0 Å². The summed E-state index contributed by atoms with van der Waals surface area (Å²) >= 11 is 0. The lowest BCUT2D eigenvalue weighted by Crippen LogP contribution is -2.54. The van der Waals surface area contributed by atoms with Crippen molar-refractivity contribution in [3.63, 3.8) is 0 Å². The molecule has 0 aliphatic carbocycles. The molecule has 1 saturated heterocycles. The van der Waals surface area contributed by atoms with E-state index in [1.165, 1.54) is 11.1 Å². The zero-order valence-electron chi connectivity index (χ0n) is 9.99. The monoisotopic (exact) mass is 220 g/mol. The first kappa shape index (κ1) is 11.6. The van der Waals surface area contributed by atoms with Crippen molar-refractivity contribution in [2.24, 2.45) is 16.9 Å². The van der Waals surface area contributed by atoms with Gasteiger partial charge in [0.15, 0.2) is 0 Å². The third kappa shape index (κ3) is 1.75. The van der Waals surface area contributed by atoms with E-state index in [9.17, 15) is 0 Å². The van der Waals surface area contributed by atoms with E-state index in [0.29, 0.717) is 19.8 Å². The van der Waals surface area contributed by atoms with Crippen LogP contribution in [0, 0.1) is 19.3 Å². The highest BCUT2D eigenvalue weighted by Crippen LogP contribution is 2.38. The summed E-state index contributed by atoms with van der Waals surface area (Å²) in [6.07, 6.45) is 0. The summed E-state index contributed by atoms with van der Waals surface area (Å²) in [5.74, 6) is 0. The van der Waals surface area contributed by atoms with Gasteiger partial charge in [0, 0.05) is 18.0 Å². The topological polar surface area (TPSA) is 61.3 Å². The van der Waals surface area contributed by atoms with E-state index in [1.807, 2.05) is 0 Å². The van der Waals surface area contributed by atoms with Gasteiger partial charge in [0.05, 0.1) is 13.2 Å². The molecule has 0 spiro atoms.